The Balaban J connectivity index is 2.46. The van der Waals surface area contributed by atoms with Gasteiger partial charge >= 0.3 is 5.69 Å². The van der Waals surface area contributed by atoms with Crippen molar-refractivity contribution in [2.24, 2.45) is 5.92 Å². The first kappa shape index (κ1) is 21.2. The molecule has 0 unspecified atom stereocenters. The van der Waals surface area contributed by atoms with Gasteiger partial charge in [0.25, 0.3) is 11.5 Å². The van der Waals surface area contributed by atoms with Crippen molar-refractivity contribution in [1.29, 1.82) is 0 Å². The Morgan fingerprint density at radius 1 is 1.43 bits per heavy atom. The van der Waals surface area contributed by atoms with Crippen LogP contribution in [0.3, 0.4) is 0 Å². The highest BCUT2D eigenvalue weighted by atomic mass is 16.5. The van der Waals surface area contributed by atoms with E-state index in [4.69, 9.17) is 14.9 Å². The molecule has 0 aliphatic heterocycles. The van der Waals surface area contributed by atoms with Crippen molar-refractivity contribution in [3.05, 3.63) is 51.1 Å². The summed E-state index contributed by atoms with van der Waals surface area (Å²) in [6.07, 6.45) is 4.77. The Kier molecular flexibility index (Phi) is 7.39. The van der Waals surface area contributed by atoms with Gasteiger partial charge in [0.05, 0.1) is 6.26 Å². The molecule has 0 atom stereocenters. The second kappa shape index (κ2) is 9.75. The smallest absolute Gasteiger partial charge is 0.330 e. The minimum absolute atomic E-state index is 0.0420. The first-order valence-corrected chi connectivity index (χ1v) is 8.99. The van der Waals surface area contributed by atoms with E-state index in [1.54, 1.807) is 19.2 Å². The third-order valence-corrected chi connectivity index (χ3v) is 3.96. The normalized spacial score (nSPS) is 11.4. The van der Waals surface area contributed by atoms with E-state index in [0.29, 0.717) is 25.3 Å². The lowest BCUT2D eigenvalue weighted by molar-refractivity contribution is -0.114. The number of carbonyl (C=O) groups is 1. The number of H-pyrrole nitrogens is 1. The molecule has 0 radical (unpaired) electrons. The maximum Gasteiger partial charge on any atom is 0.330 e. The van der Waals surface area contributed by atoms with Gasteiger partial charge in [-0.1, -0.05) is 13.8 Å². The Bertz CT molecular complexity index is 925. The van der Waals surface area contributed by atoms with Crippen LogP contribution in [0.4, 0.5) is 11.5 Å². The number of anilines is 2. The van der Waals surface area contributed by atoms with Gasteiger partial charge in [-0.05, 0) is 30.5 Å². The molecule has 2 aromatic rings. The van der Waals surface area contributed by atoms with Crippen LogP contribution in [0.25, 0.3) is 6.08 Å². The average Bonchev–Trinajstić information content (AvgIpc) is 3.15. The SMILES string of the molecule is COCCCN(C(=O)/C=C/c1ccco1)c1c(N)n(CC(C)C)c(=O)[nH]c1=O. The van der Waals surface area contributed by atoms with E-state index in [2.05, 4.69) is 4.98 Å². The molecular weight excluding hydrogens is 364 g/mol. The van der Waals surface area contributed by atoms with Crippen LogP contribution in [0.15, 0.2) is 38.5 Å². The summed E-state index contributed by atoms with van der Waals surface area (Å²) in [5.74, 6) is 0.117. The van der Waals surface area contributed by atoms with Crippen LogP contribution >= 0.6 is 0 Å². The highest BCUT2D eigenvalue weighted by Crippen LogP contribution is 2.19. The van der Waals surface area contributed by atoms with Gasteiger partial charge in [0.2, 0.25) is 0 Å². The zero-order chi connectivity index (χ0) is 20.7. The number of furan rings is 1. The average molecular weight is 390 g/mol. The Hall–Kier alpha value is -3.07. The predicted molar refractivity (Wildman–Crippen MR) is 107 cm³/mol. The number of rotatable bonds is 9. The topological polar surface area (TPSA) is 124 Å². The van der Waals surface area contributed by atoms with Gasteiger partial charge in [-0.3, -0.25) is 19.1 Å². The number of aromatic amines is 1. The highest BCUT2D eigenvalue weighted by molar-refractivity contribution is 6.04. The Morgan fingerprint density at radius 2 is 2.18 bits per heavy atom. The largest absolute Gasteiger partial charge is 0.465 e. The zero-order valence-corrected chi connectivity index (χ0v) is 16.3. The van der Waals surface area contributed by atoms with Gasteiger partial charge in [-0.25, -0.2) is 4.79 Å². The molecule has 9 heteroatoms. The summed E-state index contributed by atoms with van der Waals surface area (Å²) < 4.78 is 11.5. The number of nitrogens with two attached hydrogens (primary N) is 1. The molecule has 2 aromatic heterocycles. The molecule has 0 bridgehead atoms. The summed E-state index contributed by atoms with van der Waals surface area (Å²) >= 11 is 0. The van der Waals surface area contributed by atoms with Crippen LogP contribution in [-0.4, -0.2) is 35.7 Å². The number of methoxy groups -OCH3 is 1. The molecule has 2 rings (SSSR count). The lowest BCUT2D eigenvalue weighted by atomic mass is 10.2. The van der Waals surface area contributed by atoms with E-state index in [1.807, 2.05) is 13.8 Å². The van der Waals surface area contributed by atoms with E-state index in [9.17, 15) is 14.4 Å². The fourth-order valence-corrected chi connectivity index (χ4v) is 2.71. The summed E-state index contributed by atoms with van der Waals surface area (Å²) in [7, 11) is 1.55. The van der Waals surface area contributed by atoms with Gasteiger partial charge in [0.1, 0.15) is 11.6 Å². The molecule has 0 aromatic carbocycles. The number of hydrogen-bond acceptors (Lipinski definition) is 6. The third kappa shape index (κ3) is 5.23. The quantitative estimate of drug-likeness (QED) is 0.493. The van der Waals surface area contributed by atoms with E-state index >= 15 is 0 Å². The molecule has 1 amide bonds. The van der Waals surface area contributed by atoms with Crippen molar-refractivity contribution in [1.82, 2.24) is 9.55 Å². The Labute approximate surface area is 162 Å². The van der Waals surface area contributed by atoms with Crippen molar-refractivity contribution in [2.45, 2.75) is 26.8 Å². The summed E-state index contributed by atoms with van der Waals surface area (Å²) in [6, 6.07) is 3.40. The summed E-state index contributed by atoms with van der Waals surface area (Å²) in [5, 5.41) is 0. The molecule has 152 valence electrons. The first-order valence-electron chi connectivity index (χ1n) is 8.99. The number of amides is 1. The van der Waals surface area contributed by atoms with Crippen LogP contribution in [0.5, 0.6) is 0 Å². The van der Waals surface area contributed by atoms with E-state index in [-0.39, 0.29) is 24.0 Å². The molecule has 0 saturated carbocycles. The minimum atomic E-state index is -0.709. The molecular formula is C19H26N4O5. The van der Waals surface area contributed by atoms with Crippen LogP contribution in [-0.2, 0) is 16.1 Å². The van der Waals surface area contributed by atoms with Gasteiger partial charge < -0.3 is 19.8 Å². The minimum Gasteiger partial charge on any atom is -0.465 e. The molecule has 0 aliphatic rings. The maximum atomic E-state index is 12.8. The highest BCUT2D eigenvalue weighted by Gasteiger charge is 2.23. The van der Waals surface area contributed by atoms with Crippen LogP contribution < -0.4 is 21.9 Å². The molecule has 9 nitrogen and oxygen atoms in total. The number of nitrogen functional groups attached to an aromatic ring is 1. The van der Waals surface area contributed by atoms with Crippen LogP contribution in [0, 0.1) is 5.92 Å². The molecule has 28 heavy (non-hydrogen) atoms. The monoisotopic (exact) mass is 390 g/mol. The molecule has 0 saturated heterocycles. The van der Waals surface area contributed by atoms with Crippen molar-refractivity contribution in [3.8, 4) is 0 Å². The summed E-state index contributed by atoms with van der Waals surface area (Å²) in [6.45, 7) is 4.75. The van der Waals surface area contributed by atoms with Crippen molar-refractivity contribution in [3.63, 3.8) is 0 Å². The van der Waals surface area contributed by atoms with E-state index in [0.717, 1.165) is 0 Å². The Morgan fingerprint density at radius 3 is 2.79 bits per heavy atom. The number of ether oxygens (including phenoxy) is 1. The molecule has 0 aliphatic carbocycles. The number of nitrogens with one attached hydrogen (secondary N) is 1. The molecule has 0 fully saturated rings. The molecule has 2 heterocycles. The van der Waals surface area contributed by atoms with Gasteiger partial charge in [0, 0.05) is 32.9 Å². The summed E-state index contributed by atoms with van der Waals surface area (Å²) in [5.41, 5.74) is 4.78. The summed E-state index contributed by atoms with van der Waals surface area (Å²) in [4.78, 5) is 41.0. The second-order valence-electron chi connectivity index (χ2n) is 6.68. The standard InChI is InChI=1S/C19H26N4O5/c1-13(2)12-23-17(20)16(18(25)21-19(23)26)22(9-5-10-27-3)15(24)8-7-14-6-4-11-28-14/h4,6-8,11,13H,5,9-10,12,20H2,1-3H3,(H,21,25,26)/b8-7+. The van der Waals surface area contributed by atoms with Crippen molar-refractivity contribution in [2.75, 3.05) is 30.9 Å². The van der Waals surface area contributed by atoms with Crippen molar-refractivity contribution >= 4 is 23.5 Å². The van der Waals surface area contributed by atoms with Gasteiger partial charge in [-0.2, -0.15) is 0 Å². The predicted octanol–water partition coefficient (Wildman–Crippen LogP) is 1.45. The fraction of sp³-hybridized carbons (Fsp3) is 0.421. The maximum absolute atomic E-state index is 12.8. The zero-order valence-electron chi connectivity index (χ0n) is 16.3. The van der Waals surface area contributed by atoms with Crippen LogP contribution in [0.2, 0.25) is 0 Å². The fourth-order valence-electron chi connectivity index (χ4n) is 2.71. The van der Waals surface area contributed by atoms with Gasteiger partial charge in [0.15, 0.2) is 5.69 Å². The number of aromatic nitrogens is 2. The van der Waals surface area contributed by atoms with Crippen molar-refractivity contribution < 1.29 is 13.9 Å². The van der Waals surface area contributed by atoms with Crippen LogP contribution in [0.1, 0.15) is 26.0 Å². The first-order chi connectivity index (χ1) is 13.3. The number of carbonyl (C=O) groups excluding carboxylic acids is 1. The third-order valence-electron chi connectivity index (χ3n) is 3.96. The lowest BCUT2D eigenvalue weighted by Gasteiger charge is -2.23. The molecule has 3 N–H and O–H groups in total. The van der Waals surface area contributed by atoms with E-state index < -0.39 is 17.2 Å². The van der Waals surface area contributed by atoms with Gasteiger partial charge in [-0.15, -0.1) is 0 Å². The number of nitrogens with zero attached hydrogens (tertiary/aromatic N) is 2. The lowest BCUT2D eigenvalue weighted by Crippen LogP contribution is -2.41. The van der Waals surface area contributed by atoms with E-state index in [1.165, 1.54) is 27.9 Å². The molecule has 0 spiro atoms. The second-order valence-corrected chi connectivity index (χ2v) is 6.68. The number of hydrogen-bond donors (Lipinski definition) is 2.